The Morgan fingerprint density at radius 1 is 1.48 bits per heavy atom. The van der Waals surface area contributed by atoms with Gasteiger partial charge in [-0.15, -0.1) is 11.3 Å². The molecule has 3 N–H and O–H groups in total. The number of nitro groups is 1. The van der Waals surface area contributed by atoms with Gasteiger partial charge < -0.3 is 5.73 Å². The number of nitrogens with two attached hydrogens (primary N) is 1. The van der Waals surface area contributed by atoms with Crippen molar-refractivity contribution in [1.82, 2.24) is 10.4 Å². The van der Waals surface area contributed by atoms with Gasteiger partial charge in [0.15, 0.2) is 5.13 Å². The van der Waals surface area contributed by atoms with Crippen molar-refractivity contribution in [2.24, 2.45) is 5.10 Å². The number of anilines is 1. The molecule has 0 aliphatic heterocycles. The first-order chi connectivity index (χ1) is 10.0. The number of carbonyl (C=O) groups excluding carboxylic acids is 1. The summed E-state index contributed by atoms with van der Waals surface area (Å²) in [6.45, 7) is 0. The molecule has 0 bridgehead atoms. The van der Waals surface area contributed by atoms with Crippen molar-refractivity contribution in [2.45, 2.75) is 6.42 Å². The van der Waals surface area contributed by atoms with Crippen LogP contribution in [0.2, 0.25) is 0 Å². The van der Waals surface area contributed by atoms with E-state index >= 15 is 0 Å². The Balaban J connectivity index is 1.86. The normalized spacial score (nSPS) is 10.7. The largest absolute Gasteiger partial charge is 0.375 e. The number of nitrogens with zero attached hydrogens (tertiary/aromatic N) is 3. The Hall–Kier alpha value is -2.81. The van der Waals surface area contributed by atoms with Gasteiger partial charge >= 0.3 is 0 Å². The monoisotopic (exact) mass is 305 g/mol. The minimum atomic E-state index is -0.484. The van der Waals surface area contributed by atoms with Crippen LogP contribution in [0.15, 0.2) is 34.7 Å². The number of benzene rings is 1. The lowest BCUT2D eigenvalue weighted by Gasteiger charge is -1.97. The molecule has 9 heteroatoms. The maximum atomic E-state index is 11.6. The third kappa shape index (κ3) is 4.35. The lowest BCUT2D eigenvalue weighted by atomic mass is 10.2. The molecule has 1 aromatic carbocycles. The van der Waals surface area contributed by atoms with Crippen LogP contribution in [-0.2, 0) is 11.2 Å². The van der Waals surface area contributed by atoms with E-state index in [1.54, 1.807) is 5.38 Å². The quantitative estimate of drug-likeness (QED) is 0.490. The SMILES string of the molecule is Nc1nc(CC(=O)NN=Cc2ccc([N+](=O)[O-])cc2)cs1. The number of rotatable bonds is 5. The number of amides is 1. The molecule has 2 aromatic rings. The van der Waals surface area contributed by atoms with E-state index in [1.165, 1.54) is 41.8 Å². The van der Waals surface area contributed by atoms with E-state index in [0.29, 0.717) is 16.4 Å². The molecule has 0 radical (unpaired) electrons. The van der Waals surface area contributed by atoms with Gasteiger partial charge in [0.2, 0.25) is 5.91 Å². The molecule has 0 saturated heterocycles. The average molecular weight is 305 g/mol. The highest BCUT2D eigenvalue weighted by atomic mass is 32.1. The second-order valence-electron chi connectivity index (χ2n) is 4.00. The number of nitro benzene ring substituents is 1. The Bertz CT molecular complexity index is 680. The van der Waals surface area contributed by atoms with Gasteiger partial charge in [-0.2, -0.15) is 5.10 Å². The highest BCUT2D eigenvalue weighted by Gasteiger charge is 2.05. The van der Waals surface area contributed by atoms with Crippen LogP contribution in [0.5, 0.6) is 0 Å². The molecule has 0 spiro atoms. The van der Waals surface area contributed by atoms with E-state index in [-0.39, 0.29) is 18.0 Å². The Morgan fingerprint density at radius 2 is 2.19 bits per heavy atom. The minimum absolute atomic E-state index is 0.00249. The van der Waals surface area contributed by atoms with Crippen molar-refractivity contribution in [3.8, 4) is 0 Å². The van der Waals surface area contributed by atoms with Crippen LogP contribution in [0.4, 0.5) is 10.8 Å². The molecule has 21 heavy (non-hydrogen) atoms. The number of hydrogen-bond donors (Lipinski definition) is 2. The van der Waals surface area contributed by atoms with Gasteiger partial charge in [-0.05, 0) is 17.7 Å². The summed E-state index contributed by atoms with van der Waals surface area (Å²) in [4.78, 5) is 25.5. The molecule has 1 amide bonds. The molecular weight excluding hydrogens is 294 g/mol. The van der Waals surface area contributed by atoms with Crippen LogP contribution < -0.4 is 11.2 Å². The second kappa shape index (κ2) is 6.57. The molecule has 0 atom stereocenters. The fraction of sp³-hybridized carbons (Fsp3) is 0.0833. The van der Waals surface area contributed by atoms with E-state index in [4.69, 9.17) is 5.73 Å². The van der Waals surface area contributed by atoms with Gasteiger partial charge in [-0.3, -0.25) is 14.9 Å². The molecule has 0 unspecified atom stereocenters. The van der Waals surface area contributed by atoms with Crippen LogP contribution >= 0.6 is 11.3 Å². The summed E-state index contributed by atoms with van der Waals surface area (Å²) in [6, 6.07) is 5.80. The van der Waals surface area contributed by atoms with Crippen molar-refractivity contribution < 1.29 is 9.72 Å². The fourth-order valence-corrected chi connectivity index (χ4v) is 2.03. The number of hydrazone groups is 1. The highest BCUT2D eigenvalue weighted by molar-refractivity contribution is 7.13. The van der Waals surface area contributed by atoms with E-state index < -0.39 is 4.92 Å². The third-order valence-electron chi connectivity index (χ3n) is 2.42. The lowest BCUT2D eigenvalue weighted by Crippen LogP contribution is -2.19. The van der Waals surface area contributed by atoms with Crippen LogP contribution in [0.3, 0.4) is 0 Å². The highest BCUT2D eigenvalue weighted by Crippen LogP contribution is 2.11. The molecular formula is C12H11N5O3S. The van der Waals surface area contributed by atoms with Crippen LogP contribution in [0.1, 0.15) is 11.3 Å². The van der Waals surface area contributed by atoms with Gasteiger partial charge in [0, 0.05) is 17.5 Å². The van der Waals surface area contributed by atoms with Crippen LogP contribution in [0.25, 0.3) is 0 Å². The zero-order chi connectivity index (χ0) is 15.2. The van der Waals surface area contributed by atoms with Crippen molar-refractivity contribution in [3.05, 3.63) is 51.0 Å². The summed E-state index contributed by atoms with van der Waals surface area (Å²) in [5.74, 6) is -0.321. The lowest BCUT2D eigenvalue weighted by molar-refractivity contribution is -0.384. The zero-order valence-corrected chi connectivity index (χ0v) is 11.5. The smallest absolute Gasteiger partial charge is 0.269 e. The van der Waals surface area contributed by atoms with E-state index in [1.807, 2.05) is 0 Å². The van der Waals surface area contributed by atoms with Gasteiger partial charge in [0.05, 0.1) is 23.3 Å². The summed E-state index contributed by atoms with van der Waals surface area (Å²) in [5.41, 5.74) is 9.03. The number of non-ortho nitro benzene ring substituents is 1. The summed E-state index contributed by atoms with van der Waals surface area (Å²) < 4.78 is 0. The van der Waals surface area contributed by atoms with E-state index in [0.717, 1.165) is 0 Å². The van der Waals surface area contributed by atoms with Gasteiger partial charge in [-0.1, -0.05) is 0 Å². The van der Waals surface area contributed by atoms with E-state index in [2.05, 4.69) is 15.5 Å². The van der Waals surface area contributed by atoms with E-state index in [9.17, 15) is 14.9 Å². The minimum Gasteiger partial charge on any atom is -0.375 e. The number of carbonyl (C=O) groups is 1. The predicted octanol–water partition coefficient (Wildman–Crippen LogP) is 1.33. The van der Waals surface area contributed by atoms with Gasteiger partial charge in [-0.25, -0.2) is 10.4 Å². The fourth-order valence-electron chi connectivity index (χ4n) is 1.47. The summed E-state index contributed by atoms with van der Waals surface area (Å²) in [7, 11) is 0. The zero-order valence-electron chi connectivity index (χ0n) is 10.7. The Kier molecular flexibility index (Phi) is 4.57. The topological polar surface area (TPSA) is 124 Å². The standard InChI is InChI=1S/C12H11N5O3S/c13-12-15-9(7-21-12)5-11(18)16-14-6-8-1-3-10(4-2-8)17(19)20/h1-4,6-7H,5H2,(H2,13,15)(H,16,18). The molecule has 0 saturated carbocycles. The maximum Gasteiger partial charge on any atom is 0.269 e. The predicted molar refractivity (Wildman–Crippen MR) is 79.1 cm³/mol. The first-order valence-electron chi connectivity index (χ1n) is 5.81. The second-order valence-corrected chi connectivity index (χ2v) is 4.89. The Labute approximate surface area is 123 Å². The van der Waals surface area contributed by atoms with Crippen molar-refractivity contribution in [1.29, 1.82) is 0 Å². The summed E-state index contributed by atoms with van der Waals surface area (Å²) >= 11 is 1.26. The van der Waals surface area contributed by atoms with Gasteiger partial charge in [0.1, 0.15) is 0 Å². The van der Waals surface area contributed by atoms with Crippen molar-refractivity contribution in [3.63, 3.8) is 0 Å². The van der Waals surface area contributed by atoms with Crippen LogP contribution in [0, 0.1) is 10.1 Å². The molecule has 0 aliphatic carbocycles. The number of aromatic nitrogens is 1. The first-order valence-corrected chi connectivity index (χ1v) is 6.69. The maximum absolute atomic E-state index is 11.6. The number of hydrogen-bond acceptors (Lipinski definition) is 7. The van der Waals surface area contributed by atoms with Crippen LogP contribution in [-0.4, -0.2) is 22.0 Å². The molecule has 0 fully saturated rings. The average Bonchev–Trinajstić information content (AvgIpc) is 2.84. The number of nitrogens with one attached hydrogen (secondary N) is 1. The summed E-state index contributed by atoms with van der Waals surface area (Å²) in [6.07, 6.45) is 1.49. The third-order valence-corrected chi connectivity index (χ3v) is 3.14. The molecule has 1 aromatic heterocycles. The first kappa shape index (κ1) is 14.6. The number of nitrogen functional groups attached to an aromatic ring is 1. The van der Waals surface area contributed by atoms with Crippen molar-refractivity contribution >= 4 is 34.3 Å². The number of thiazole rings is 1. The summed E-state index contributed by atoms with van der Waals surface area (Å²) in [5, 5.41) is 16.4. The van der Waals surface area contributed by atoms with Gasteiger partial charge in [0.25, 0.3) is 5.69 Å². The molecule has 2 rings (SSSR count). The molecule has 8 nitrogen and oxygen atoms in total. The Morgan fingerprint density at radius 3 is 2.76 bits per heavy atom. The molecule has 0 aliphatic rings. The molecule has 1 heterocycles. The van der Waals surface area contributed by atoms with Crippen molar-refractivity contribution in [2.75, 3.05) is 5.73 Å². The molecule has 108 valence electrons.